The third-order valence-corrected chi connectivity index (χ3v) is 9.37. The van der Waals surface area contributed by atoms with Gasteiger partial charge in [-0.05, 0) is 121 Å². The van der Waals surface area contributed by atoms with Crippen LogP contribution in [0.3, 0.4) is 0 Å². The van der Waals surface area contributed by atoms with Crippen LogP contribution in [0, 0.1) is 0 Å². The van der Waals surface area contributed by atoms with E-state index in [1.165, 1.54) is 4.90 Å². The minimum Gasteiger partial charge on any atom is -0.310 e. The van der Waals surface area contributed by atoms with Crippen LogP contribution in [0.5, 0.6) is 0 Å². The largest absolute Gasteiger partial charge is 0.310 e. The SMILES string of the molecule is [2H]c1c([2H])c(N(c2cccc(-c3ccc4ccccc4c3)c2)c2c([2H])c([2H])c(-c3cccc(-c4ccccc4)c3)c([2H])c2[2H])c([2H])c([2H])c1-c1cccc(-c2ccccc2)c1. The molecule has 0 unspecified atom stereocenters. The van der Waals surface area contributed by atoms with E-state index in [1.807, 2.05) is 146 Å². The average molecular weight is 684 g/mol. The molecule has 9 rings (SSSR count). The molecule has 0 saturated carbocycles. The lowest BCUT2D eigenvalue weighted by atomic mass is 9.98. The van der Waals surface area contributed by atoms with Gasteiger partial charge in [0.1, 0.15) is 0 Å². The summed E-state index contributed by atoms with van der Waals surface area (Å²) in [4.78, 5) is 1.36. The second-order valence-corrected chi connectivity index (χ2v) is 12.8. The Labute approximate surface area is 323 Å². The Balaban J connectivity index is 1.26. The highest BCUT2D eigenvalue weighted by molar-refractivity contribution is 5.89. The van der Waals surface area contributed by atoms with Gasteiger partial charge in [-0.2, -0.15) is 0 Å². The van der Waals surface area contributed by atoms with Gasteiger partial charge in [0, 0.05) is 17.1 Å². The Morgan fingerprint density at radius 2 is 0.642 bits per heavy atom. The summed E-state index contributed by atoms with van der Waals surface area (Å²) in [6.45, 7) is 0. The molecule has 0 aromatic heterocycles. The van der Waals surface area contributed by atoms with Crippen LogP contribution >= 0.6 is 0 Å². The zero-order chi connectivity index (χ0) is 42.4. The second-order valence-electron chi connectivity index (χ2n) is 12.8. The zero-order valence-corrected chi connectivity index (χ0v) is 28.7. The van der Waals surface area contributed by atoms with Gasteiger partial charge in [-0.15, -0.1) is 0 Å². The summed E-state index contributed by atoms with van der Waals surface area (Å²) in [6, 6.07) is 52.7. The summed E-state index contributed by atoms with van der Waals surface area (Å²) in [5.74, 6) is 0. The molecule has 1 heteroatoms. The minimum absolute atomic E-state index is 0.106. The van der Waals surface area contributed by atoms with Crippen molar-refractivity contribution in [2.24, 2.45) is 0 Å². The molecule has 0 N–H and O–H groups in total. The van der Waals surface area contributed by atoms with Crippen LogP contribution in [0.1, 0.15) is 11.0 Å². The first-order chi connectivity index (χ1) is 29.6. The molecule has 0 spiro atoms. The molecule has 0 aliphatic rings. The quantitative estimate of drug-likeness (QED) is 0.154. The molecule has 0 atom stereocenters. The van der Waals surface area contributed by atoms with E-state index >= 15 is 0 Å². The Bertz CT molecular complexity index is 2920. The van der Waals surface area contributed by atoms with Gasteiger partial charge in [-0.3, -0.25) is 0 Å². The Hall–Kier alpha value is -6.96. The molecule has 0 heterocycles. The van der Waals surface area contributed by atoms with E-state index in [0.717, 1.165) is 44.2 Å². The molecule has 0 radical (unpaired) electrons. The van der Waals surface area contributed by atoms with Crippen molar-refractivity contribution in [2.45, 2.75) is 0 Å². The smallest absolute Gasteiger partial charge is 0.0645 e. The van der Waals surface area contributed by atoms with E-state index in [2.05, 4.69) is 6.07 Å². The van der Waals surface area contributed by atoms with Gasteiger partial charge in [-0.25, -0.2) is 0 Å². The predicted molar refractivity (Wildman–Crippen MR) is 226 cm³/mol. The normalized spacial score (nSPS) is 13.1. The third kappa shape index (κ3) is 6.77. The molecular formula is C52H37N. The lowest BCUT2D eigenvalue weighted by Crippen LogP contribution is -2.10. The fourth-order valence-electron chi connectivity index (χ4n) is 6.66. The topological polar surface area (TPSA) is 3.24 Å². The van der Waals surface area contributed by atoms with E-state index in [1.54, 1.807) is 24.3 Å². The van der Waals surface area contributed by atoms with Crippen molar-refractivity contribution >= 4 is 27.8 Å². The van der Waals surface area contributed by atoms with Crippen LogP contribution in [-0.4, -0.2) is 0 Å². The summed E-state index contributed by atoms with van der Waals surface area (Å²) in [6.07, 6.45) is 0. The van der Waals surface area contributed by atoms with E-state index in [-0.39, 0.29) is 46.7 Å². The van der Waals surface area contributed by atoms with Crippen molar-refractivity contribution in [3.63, 3.8) is 0 Å². The molecule has 0 amide bonds. The van der Waals surface area contributed by atoms with Crippen LogP contribution in [0.25, 0.3) is 66.4 Å². The fraction of sp³-hybridized carbons (Fsp3) is 0. The molecule has 1 nitrogen and oxygen atoms in total. The Morgan fingerprint density at radius 3 is 1.17 bits per heavy atom. The summed E-state index contributed by atoms with van der Waals surface area (Å²) in [5, 5.41) is 2.10. The van der Waals surface area contributed by atoms with Gasteiger partial charge in [0.2, 0.25) is 0 Å². The summed E-state index contributed by atoms with van der Waals surface area (Å²) >= 11 is 0. The van der Waals surface area contributed by atoms with Gasteiger partial charge in [0.25, 0.3) is 0 Å². The summed E-state index contributed by atoms with van der Waals surface area (Å²) in [5.41, 5.74) is 6.37. The number of benzene rings is 9. The Kier molecular flexibility index (Phi) is 6.57. The maximum atomic E-state index is 9.56. The van der Waals surface area contributed by atoms with Crippen molar-refractivity contribution in [1.29, 1.82) is 0 Å². The van der Waals surface area contributed by atoms with Crippen LogP contribution in [-0.2, 0) is 0 Å². The zero-order valence-electron chi connectivity index (χ0n) is 36.7. The molecule has 9 aromatic carbocycles. The third-order valence-electron chi connectivity index (χ3n) is 9.37. The minimum atomic E-state index is -0.395. The van der Waals surface area contributed by atoms with Gasteiger partial charge in [0.15, 0.2) is 0 Å². The van der Waals surface area contributed by atoms with Crippen LogP contribution in [0.15, 0.2) is 224 Å². The first-order valence-corrected chi connectivity index (χ1v) is 17.5. The molecule has 0 bridgehead atoms. The number of hydrogen-bond acceptors (Lipinski definition) is 1. The first-order valence-electron chi connectivity index (χ1n) is 21.5. The van der Waals surface area contributed by atoms with Gasteiger partial charge >= 0.3 is 0 Å². The molecule has 9 aromatic rings. The maximum Gasteiger partial charge on any atom is 0.0645 e. The van der Waals surface area contributed by atoms with Crippen molar-refractivity contribution < 1.29 is 11.0 Å². The van der Waals surface area contributed by atoms with Crippen molar-refractivity contribution in [2.75, 3.05) is 4.90 Å². The summed E-state index contributed by atoms with van der Waals surface area (Å²) in [7, 11) is 0. The first kappa shape index (κ1) is 24.3. The van der Waals surface area contributed by atoms with Crippen LogP contribution < -0.4 is 4.90 Å². The molecule has 53 heavy (non-hydrogen) atoms. The van der Waals surface area contributed by atoms with E-state index in [4.69, 9.17) is 0 Å². The standard InChI is InChI=1S/C52H37N/c1-3-12-38(13-4-1)44-18-9-20-46(34-44)41-26-30-50(31-27-41)53(52-23-11-22-48(37-52)49-25-24-40-16-7-8-17-43(40)36-49)51-32-28-42(29-33-51)47-21-10-19-45(35-47)39-14-5-2-6-15-39/h1-37H/i26D,27D,28D,29D,30D,31D,32D,33D. The highest BCUT2D eigenvalue weighted by Crippen LogP contribution is 2.39. The highest BCUT2D eigenvalue weighted by Gasteiger charge is 2.15. The number of nitrogens with zero attached hydrogens (tertiary/aromatic N) is 1. The monoisotopic (exact) mass is 683 g/mol. The fourth-order valence-corrected chi connectivity index (χ4v) is 6.66. The number of fused-ring (bicyclic) bond motifs is 1. The Morgan fingerprint density at radius 1 is 0.245 bits per heavy atom. The number of rotatable bonds is 8. The van der Waals surface area contributed by atoms with Gasteiger partial charge < -0.3 is 4.90 Å². The second kappa shape index (κ2) is 14.3. The predicted octanol–water partition coefficient (Wildman–Crippen LogP) is 14.6. The molecule has 0 saturated heterocycles. The molecule has 250 valence electrons. The summed E-state index contributed by atoms with van der Waals surface area (Å²) < 4.78 is 75.8. The lowest BCUT2D eigenvalue weighted by molar-refractivity contribution is 1.28. The van der Waals surface area contributed by atoms with Gasteiger partial charge in [0.05, 0.1) is 11.0 Å². The average Bonchev–Trinajstić information content (AvgIpc) is 3.30. The molecular weight excluding hydrogens is 639 g/mol. The molecule has 0 aliphatic carbocycles. The van der Waals surface area contributed by atoms with Gasteiger partial charge in [-0.1, -0.05) is 170 Å². The number of anilines is 3. The van der Waals surface area contributed by atoms with Crippen LogP contribution in [0.2, 0.25) is 0 Å². The molecule has 0 fully saturated rings. The van der Waals surface area contributed by atoms with Crippen molar-refractivity contribution in [3.8, 4) is 55.6 Å². The van der Waals surface area contributed by atoms with Crippen LogP contribution in [0.4, 0.5) is 17.1 Å². The van der Waals surface area contributed by atoms with E-state index < -0.39 is 24.2 Å². The molecule has 0 aliphatic heterocycles. The van der Waals surface area contributed by atoms with E-state index in [0.29, 0.717) is 16.8 Å². The number of hydrogen-bond donors (Lipinski definition) is 0. The lowest BCUT2D eigenvalue weighted by Gasteiger charge is -2.26. The van der Waals surface area contributed by atoms with Crippen molar-refractivity contribution in [3.05, 3.63) is 224 Å². The highest BCUT2D eigenvalue weighted by atomic mass is 15.1. The van der Waals surface area contributed by atoms with E-state index in [9.17, 15) is 11.0 Å². The maximum absolute atomic E-state index is 9.56. The van der Waals surface area contributed by atoms with Crippen molar-refractivity contribution in [1.82, 2.24) is 0 Å².